The first-order valence-corrected chi connectivity index (χ1v) is 11.8. The molecular formula is C27H32FN5O5. The van der Waals surface area contributed by atoms with Crippen LogP contribution < -0.4 is 31.6 Å². The van der Waals surface area contributed by atoms with Gasteiger partial charge in [-0.2, -0.15) is 0 Å². The van der Waals surface area contributed by atoms with Crippen LogP contribution in [0.5, 0.6) is 5.75 Å². The normalized spacial score (nSPS) is 10.1. The number of benzene rings is 2. The Labute approximate surface area is 220 Å². The molecule has 0 fully saturated rings. The molecular weight excluding hydrogens is 493 g/mol. The van der Waals surface area contributed by atoms with E-state index in [1.54, 1.807) is 31.2 Å². The highest BCUT2D eigenvalue weighted by Gasteiger charge is 2.28. The summed E-state index contributed by atoms with van der Waals surface area (Å²) >= 11 is 0. The summed E-state index contributed by atoms with van der Waals surface area (Å²) in [6, 6.07) is 10.6. The number of anilines is 4. The fourth-order valence-corrected chi connectivity index (χ4v) is 3.68. The average Bonchev–Trinajstić information content (AvgIpc) is 2.91. The van der Waals surface area contributed by atoms with Crippen LogP contribution in [0, 0.1) is 19.7 Å². The Bertz CT molecular complexity index is 1400. The zero-order chi connectivity index (χ0) is 28.6. The molecule has 0 aliphatic heterocycles. The molecule has 3 amide bonds. The average molecular weight is 526 g/mol. The lowest BCUT2D eigenvalue weighted by molar-refractivity contribution is -0.120. The summed E-state index contributed by atoms with van der Waals surface area (Å²) in [6.07, 6.45) is 0.442. The molecule has 2 aromatic carbocycles. The highest BCUT2D eigenvalue weighted by molar-refractivity contribution is 6.08. The van der Waals surface area contributed by atoms with Crippen LogP contribution in [0.3, 0.4) is 0 Å². The summed E-state index contributed by atoms with van der Waals surface area (Å²) in [4.78, 5) is 50.8. The summed E-state index contributed by atoms with van der Waals surface area (Å²) in [5.74, 6) is -1.67. The van der Waals surface area contributed by atoms with Crippen molar-refractivity contribution in [3.8, 4) is 5.75 Å². The maximum Gasteiger partial charge on any atom is 0.256 e. The molecule has 202 valence electrons. The van der Waals surface area contributed by atoms with Crippen molar-refractivity contribution in [2.45, 2.75) is 27.7 Å². The molecule has 11 heteroatoms. The quantitative estimate of drug-likeness (QED) is 0.366. The number of carbonyl (C=O) groups excluding carboxylic acids is 3. The van der Waals surface area contributed by atoms with Crippen LogP contribution in [0.25, 0.3) is 0 Å². The van der Waals surface area contributed by atoms with Gasteiger partial charge in [-0.3, -0.25) is 28.6 Å². The highest BCUT2D eigenvalue weighted by Crippen LogP contribution is 2.36. The number of nitrogens with zero attached hydrogens (tertiary/aromatic N) is 2. The molecule has 1 aromatic heterocycles. The Balaban J connectivity index is 0.00000247. The molecule has 0 aliphatic rings. The van der Waals surface area contributed by atoms with Crippen molar-refractivity contribution >= 4 is 41.1 Å². The third-order valence-electron chi connectivity index (χ3n) is 5.44. The SMILES string of the molecule is CC.CNC(=O)c1c(N(C=O)c2cccc(OCC(N)=O)c2)c(C)c(=O)n(C)c1Nc1ccc(C)cc1F. The number of nitrogens with one attached hydrogen (secondary N) is 2. The number of rotatable bonds is 9. The lowest BCUT2D eigenvalue weighted by Crippen LogP contribution is -2.33. The number of halogens is 1. The molecule has 0 unspecified atom stereocenters. The van der Waals surface area contributed by atoms with Crippen LogP contribution in [-0.4, -0.2) is 36.4 Å². The standard InChI is InChI=1S/C25H26FN5O5.C2H6/c1-14-8-9-19(18(26)10-14)29-23-21(24(34)28-3)22(15(2)25(35)30(23)4)31(13-32)16-6-5-7-17(11-16)36-12-20(27)33;1-2/h5-11,13,29H,12H2,1-4H3,(H2,27,33)(H,28,34);1-2H3. The van der Waals surface area contributed by atoms with Crippen molar-refractivity contribution in [2.75, 3.05) is 23.9 Å². The van der Waals surface area contributed by atoms with Crippen molar-refractivity contribution in [1.82, 2.24) is 9.88 Å². The van der Waals surface area contributed by atoms with Crippen LogP contribution in [0.15, 0.2) is 47.3 Å². The summed E-state index contributed by atoms with van der Waals surface area (Å²) in [5, 5.41) is 5.36. The van der Waals surface area contributed by atoms with E-state index in [4.69, 9.17) is 10.5 Å². The minimum Gasteiger partial charge on any atom is -0.484 e. The van der Waals surface area contributed by atoms with Gasteiger partial charge in [0.1, 0.15) is 22.9 Å². The first kappa shape index (κ1) is 29.6. The molecule has 0 saturated heterocycles. The molecule has 0 spiro atoms. The van der Waals surface area contributed by atoms with Crippen LogP contribution in [0.2, 0.25) is 0 Å². The molecule has 0 bridgehead atoms. The maximum atomic E-state index is 14.7. The molecule has 38 heavy (non-hydrogen) atoms. The van der Waals surface area contributed by atoms with Gasteiger partial charge < -0.3 is 21.1 Å². The Morgan fingerprint density at radius 2 is 1.84 bits per heavy atom. The van der Waals surface area contributed by atoms with E-state index >= 15 is 0 Å². The number of amides is 3. The summed E-state index contributed by atoms with van der Waals surface area (Å²) in [5.41, 5.74) is 5.62. The third kappa shape index (κ3) is 6.36. The van der Waals surface area contributed by atoms with Crippen LogP contribution in [-0.2, 0) is 16.6 Å². The summed E-state index contributed by atoms with van der Waals surface area (Å²) in [6.45, 7) is 6.82. The van der Waals surface area contributed by atoms with Gasteiger partial charge in [-0.1, -0.05) is 26.0 Å². The Morgan fingerprint density at radius 3 is 2.42 bits per heavy atom. The summed E-state index contributed by atoms with van der Waals surface area (Å²) < 4.78 is 21.2. The van der Waals surface area contributed by atoms with Crippen molar-refractivity contribution in [2.24, 2.45) is 12.8 Å². The van der Waals surface area contributed by atoms with Gasteiger partial charge in [0.25, 0.3) is 17.4 Å². The number of hydrogen-bond donors (Lipinski definition) is 3. The molecule has 3 rings (SSSR count). The van der Waals surface area contributed by atoms with E-state index in [1.807, 2.05) is 13.8 Å². The second-order valence-electron chi connectivity index (χ2n) is 7.98. The zero-order valence-corrected chi connectivity index (χ0v) is 22.2. The molecule has 0 atom stereocenters. The number of aromatic nitrogens is 1. The fourth-order valence-electron chi connectivity index (χ4n) is 3.68. The second-order valence-corrected chi connectivity index (χ2v) is 7.98. The van der Waals surface area contributed by atoms with Crippen LogP contribution >= 0.6 is 0 Å². The Kier molecular flexibility index (Phi) is 10.1. The van der Waals surface area contributed by atoms with Gasteiger partial charge in [-0.25, -0.2) is 4.39 Å². The minimum absolute atomic E-state index is 0.00507. The van der Waals surface area contributed by atoms with E-state index in [0.717, 1.165) is 4.90 Å². The fraction of sp³-hybridized carbons (Fsp3) is 0.259. The molecule has 10 nitrogen and oxygen atoms in total. The second kappa shape index (κ2) is 13.0. The third-order valence-corrected chi connectivity index (χ3v) is 5.44. The molecule has 1 heterocycles. The van der Waals surface area contributed by atoms with Gasteiger partial charge in [-0.15, -0.1) is 0 Å². The molecule has 0 aliphatic carbocycles. The zero-order valence-electron chi connectivity index (χ0n) is 22.2. The first-order valence-electron chi connectivity index (χ1n) is 11.8. The first-order chi connectivity index (χ1) is 18.1. The van der Waals surface area contributed by atoms with Gasteiger partial charge in [0.2, 0.25) is 6.41 Å². The van der Waals surface area contributed by atoms with E-state index < -0.39 is 23.2 Å². The molecule has 0 radical (unpaired) electrons. The smallest absolute Gasteiger partial charge is 0.256 e. The highest BCUT2D eigenvalue weighted by atomic mass is 19.1. The molecule has 4 N–H and O–H groups in total. The monoisotopic (exact) mass is 525 g/mol. The van der Waals surface area contributed by atoms with E-state index in [1.165, 1.54) is 43.8 Å². The minimum atomic E-state index is -0.684. The number of primary amides is 1. The number of carbonyl (C=O) groups is 3. The number of ether oxygens (including phenoxy) is 1. The predicted molar refractivity (Wildman–Crippen MR) is 145 cm³/mol. The maximum absolute atomic E-state index is 14.7. The lowest BCUT2D eigenvalue weighted by atomic mass is 10.1. The predicted octanol–water partition coefficient (Wildman–Crippen LogP) is 3.43. The summed E-state index contributed by atoms with van der Waals surface area (Å²) in [7, 11) is 2.83. The van der Waals surface area contributed by atoms with Crippen molar-refractivity contribution in [1.29, 1.82) is 0 Å². The van der Waals surface area contributed by atoms with Crippen molar-refractivity contribution < 1.29 is 23.5 Å². The van der Waals surface area contributed by atoms with Gasteiger partial charge in [-0.05, 0) is 43.7 Å². The number of aryl methyl sites for hydroxylation is 1. The number of hydrogen-bond acceptors (Lipinski definition) is 6. The van der Waals surface area contributed by atoms with Crippen LogP contribution in [0.4, 0.5) is 27.3 Å². The van der Waals surface area contributed by atoms with E-state index in [9.17, 15) is 23.6 Å². The Hall–Kier alpha value is -4.67. The van der Waals surface area contributed by atoms with Crippen LogP contribution in [0.1, 0.15) is 35.3 Å². The van der Waals surface area contributed by atoms with E-state index in [2.05, 4.69) is 10.6 Å². The van der Waals surface area contributed by atoms with Crippen molar-refractivity contribution in [3.63, 3.8) is 0 Å². The molecule has 3 aromatic rings. The van der Waals surface area contributed by atoms with Gasteiger partial charge in [0.15, 0.2) is 6.61 Å². The van der Waals surface area contributed by atoms with E-state index in [-0.39, 0.29) is 46.4 Å². The lowest BCUT2D eigenvalue weighted by Gasteiger charge is -2.26. The number of nitrogens with two attached hydrogens (primary N) is 1. The largest absolute Gasteiger partial charge is 0.484 e. The van der Waals surface area contributed by atoms with E-state index in [0.29, 0.717) is 12.0 Å². The van der Waals surface area contributed by atoms with Gasteiger partial charge in [0, 0.05) is 25.7 Å². The van der Waals surface area contributed by atoms with Gasteiger partial charge in [0.05, 0.1) is 17.1 Å². The molecule has 0 saturated carbocycles. The topological polar surface area (TPSA) is 136 Å². The van der Waals surface area contributed by atoms with Crippen molar-refractivity contribution in [3.05, 3.63) is 75.3 Å². The number of pyridine rings is 1. The Morgan fingerprint density at radius 1 is 1.16 bits per heavy atom. The van der Waals surface area contributed by atoms with Gasteiger partial charge >= 0.3 is 0 Å².